The molecule has 3 aromatic rings. The van der Waals surface area contributed by atoms with Crippen molar-refractivity contribution in [1.29, 1.82) is 0 Å². The lowest BCUT2D eigenvalue weighted by atomic mass is 9.86. The molecule has 1 unspecified atom stereocenters. The summed E-state index contributed by atoms with van der Waals surface area (Å²) in [6.07, 6.45) is 0. The van der Waals surface area contributed by atoms with Gasteiger partial charge in [-0.15, -0.1) is 0 Å². The van der Waals surface area contributed by atoms with Crippen molar-refractivity contribution in [2.24, 2.45) is 14.1 Å². The number of nitrogens with zero attached hydrogens (tertiary/aromatic N) is 2. The van der Waals surface area contributed by atoms with Crippen molar-refractivity contribution in [3.05, 3.63) is 84.0 Å². The van der Waals surface area contributed by atoms with Gasteiger partial charge in [-0.3, -0.25) is 9.36 Å². The summed E-state index contributed by atoms with van der Waals surface area (Å²) in [5.41, 5.74) is -2.81. The van der Waals surface area contributed by atoms with Gasteiger partial charge >= 0.3 is 11.3 Å². The first kappa shape index (κ1) is 25.8. The first-order valence-corrected chi connectivity index (χ1v) is 11.0. The maximum atomic E-state index is 12.9. The van der Waals surface area contributed by atoms with E-state index in [-0.39, 0.29) is 16.9 Å². The van der Waals surface area contributed by atoms with Gasteiger partial charge in [-0.2, -0.15) is 0 Å². The van der Waals surface area contributed by atoms with Gasteiger partial charge in [0.05, 0.1) is 44.9 Å². The zero-order valence-electron chi connectivity index (χ0n) is 20.1. The predicted molar refractivity (Wildman–Crippen MR) is 124 cm³/mol. The summed E-state index contributed by atoms with van der Waals surface area (Å²) in [7, 11) is 3.94. The Hall–Kier alpha value is -3.83. The summed E-state index contributed by atoms with van der Waals surface area (Å²) >= 11 is 0. The van der Waals surface area contributed by atoms with Crippen LogP contribution in [0.4, 0.5) is 0 Å². The topological polar surface area (TPSA) is 153 Å². The molecule has 1 aromatic carbocycles. The molecule has 35 heavy (non-hydrogen) atoms. The van der Waals surface area contributed by atoms with Gasteiger partial charge in [0.1, 0.15) is 17.3 Å². The van der Waals surface area contributed by atoms with E-state index >= 15 is 0 Å². The Balaban J connectivity index is 0.000000497. The van der Waals surface area contributed by atoms with Crippen LogP contribution in [0.3, 0.4) is 0 Å². The van der Waals surface area contributed by atoms with E-state index in [1.54, 1.807) is 24.3 Å². The van der Waals surface area contributed by atoms with Crippen molar-refractivity contribution < 1.29 is 29.4 Å². The van der Waals surface area contributed by atoms with Crippen LogP contribution >= 0.6 is 0 Å². The fraction of sp³-hybridized carbons (Fsp3) is 0.375. The smallest absolute Gasteiger partial charge is 0.343 e. The highest BCUT2D eigenvalue weighted by Gasteiger charge is 2.29. The number of morpholine rings is 1. The average molecular weight is 488 g/mol. The van der Waals surface area contributed by atoms with E-state index in [1.165, 1.54) is 34.2 Å². The maximum Gasteiger partial charge on any atom is 0.343 e. The van der Waals surface area contributed by atoms with Crippen LogP contribution in [0.15, 0.2) is 49.1 Å². The van der Waals surface area contributed by atoms with Crippen LogP contribution in [-0.2, 0) is 18.8 Å². The Kier molecular flexibility index (Phi) is 8.15. The van der Waals surface area contributed by atoms with Crippen LogP contribution < -0.4 is 32.0 Å². The highest BCUT2D eigenvalue weighted by Crippen LogP contribution is 2.36. The second-order valence-electron chi connectivity index (χ2n) is 8.05. The molecule has 0 bridgehead atoms. The molecule has 1 atom stereocenters. The molecule has 3 N–H and O–H groups in total. The molecule has 188 valence electrons. The van der Waals surface area contributed by atoms with Crippen LogP contribution in [0, 0.1) is 6.92 Å². The Bertz CT molecular complexity index is 1340. The quantitative estimate of drug-likeness (QED) is 0.470. The van der Waals surface area contributed by atoms with Crippen molar-refractivity contribution in [3.8, 4) is 17.4 Å². The van der Waals surface area contributed by atoms with E-state index in [2.05, 4.69) is 5.32 Å². The minimum atomic E-state index is -1.25. The Labute approximate surface area is 200 Å². The van der Waals surface area contributed by atoms with E-state index in [4.69, 9.17) is 13.9 Å². The van der Waals surface area contributed by atoms with Crippen molar-refractivity contribution in [2.45, 2.75) is 12.8 Å². The Morgan fingerprint density at radius 1 is 1.06 bits per heavy atom. The molecule has 2 aromatic heterocycles. The highest BCUT2D eigenvalue weighted by molar-refractivity contribution is 5.50. The molecule has 0 radical (unpaired) electrons. The van der Waals surface area contributed by atoms with E-state index in [1.807, 2.05) is 0 Å². The zero-order chi connectivity index (χ0) is 25.7. The number of aryl methyl sites for hydroxylation is 1. The molecule has 0 spiro atoms. The highest BCUT2D eigenvalue weighted by atomic mass is 16.5. The minimum Gasteiger partial charge on any atom is -0.860 e. The monoisotopic (exact) mass is 487 g/mol. The fourth-order valence-electron chi connectivity index (χ4n) is 3.82. The first-order chi connectivity index (χ1) is 16.7. The predicted octanol–water partition coefficient (Wildman–Crippen LogP) is -1.11. The molecule has 0 saturated carbocycles. The van der Waals surface area contributed by atoms with Gasteiger partial charge in [-0.25, -0.2) is 9.59 Å². The van der Waals surface area contributed by atoms with Gasteiger partial charge in [0.15, 0.2) is 0 Å². The average Bonchev–Trinajstić information content (AvgIpc) is 2.86. The summed E-state index contributed by atoms with van der Waals surface area (Å²) < 4.78 is 16.8. The number of ether oxygens (including phenoxy) is 2. The summed E-state index contributed by atoms with van der Waals surface area (Å²) in [5.74, 6) is -1.85. The molecular formula is C24H29N3O8. The Morgan fingerprint density at radius 2 is 1.69 bits per heavy atom. The van der Waals surface area contributed by atoms with Crippen LogP contribution in [-0.4, -0.2) is 47.7 Å². The van der Waals surface area contributed by atoms with Crippen molar-refractivity contribution >= 4 is 0 Å². The van der Waals surface area contributed by atoms with Gasteiger partial charge in [-0.05, 0) is 30.5 Å². The third kappa shape index (κ3) is 5.47. The molecule has 1 fully saturated rings. The van der Waals surface area contributed by atoms with Gasteiger partial charge in [0, 0.05) is 25.7 Å². The largest absolute Gasteiger partial charge is 0.860 e. The molecule has 1 aliphatic rings. The van der Waals surface area contributed by atoms with Gasteiger partial charge in [0.25, 0.3) is 5.56 Å². The maximum absolute atomic E-state index is 12.9. The zero-order valence-corrected chi connectivity index (χ0v) is 20.1. The molecular weight excluding hydrogens is 458 g/mol. The molecule has 3 heterocycles. The van der Waals surface area contributed by atoms with Crippen molar-refractivity contribution in [2.75, 3.05) is 33.4 Å². The van der Waals surface area contributed by atoms with Crippen LogP contribution in [0.1, 0.15) is 28.4 Å². The number of benzene rings is 1. The lowest BCUT2D eigenvalue weighted by Crippen LogP contribution is -2.87. The van der Waals surface area contributed by atoms with Crippen LogP contribution in [0.2, 0.25) is 0 Å². The van der Waals surface area contributed by atoms with Gasteiger partial charge in [0.2, 0.25) is 0 Å². The number of nitrogens with two attached hydrogens (primary N) is 1. The number of methoxy groups -OCH3 is 1. The standard InChI is InChI=1S/C20H20N2O7.C4H9NO/c1-10-9-13(23)15(19(26)29-10)14(11-5-7-12(28-4)8-6-11)16-17(24)21(2)20(27)22(3)18(16)25;1-3-6-4-2-5-1/h5-9,14,23-24H,1-4H3;5H,1-4H2. The number of aromatic nitrogens is 2. The Morgan fingerprint density at radius 3 is 2.17 bits per heavy atom. The third-order valence-corrected chi connectivity index (χ3v) is 5.69. The number of rotatable bonds is 4. The number of hydrogen-bond donors (Lipinski definition) is 2. The van der Waals surface area contributed by atoms with Crippen molar-refractivity contribution in [3.63, 3.8) is 0 Å². The molecule has 1 saturated heterocycles. The summed E-state index contributed by atoms with van der Waals surface area (Å²) in [6.45, 7) is 5.68. The summed E-state index contributed by atoms with van der Waals surface area (Å²) in [6, 6.07) is 7.53. The second-order valence-corrected chi connectivity index (χ2v) is 8.05. The summed E-state index contributed by atoms with van der Waals surface area (Å²) in [5, 5.41) is 25.6. The normalized spacial score (nSPS) is 14.1. The SMILES string of the molecule is C1COCC[NH2+]1.COc1ccc(C(c2c(O)cc(C)oc2=O)c2c([O-])n(C)c(=O)n(C)c2=O)cc1. The molecule has 0 amide bonds. The number of aromatic hydroxyl groups is 1. The van der Waals surface area contributed by atoms with E-state index < -0.39 is 34.4 Å². The van der Waals surface area contributed by atoms with Gasteiger partial charge < -0.3 is 34.0 Å². The van der Waals surface area contributed by atoms with E-state index in [0.29, 0.717) is 11.3 Å². The fourth-order valence-corrected chi connectivity index (χ4v) is 3.82. The lowest BCUT2D eigenvalue weighted by Gasteiger charge is -2.25. The van der Waals surface area contributed by atoms with Crippen LogP contribution in [0.5, 0.6) is 17.4 Å². The van der Waals surface area contributed by atoms with Gasteiger partial charge in [-0.1, -0.05) is 12.1 Å². The summed E-state index contributed by atoms with van der Waals surface area (Å²) in [4.78, 5) is 37.6. The number of hydrogen-bond acceptors (Lipinski definition) is 8. The van der Waals surface area contributed by atoms with E-state index in [9.17, 15) is 24.6 Å². The third-order valence-electron chi connectivity index (χ3n) is 5.69. The molecule has 0 aliphatic carbocycles. The van der Waals surface area contributed by atoms with Crippen LogP contribution in [0.25, 0.3) is 0 Å². The molecule has 11 heteroatoms. The molecule has 1 aliphatic heterocycles. The molecule has 4 rings (SSSR count). The van der Waals surface area contributed by atoms with Crippen molar-refractivity contribution in [1.82, 2.24) is 9.13 Å². The minimum absolute atomic E-state index is 0.167. The first-order valence-electron chi connectivity index (χ1n) is 11.0. The lowest BCUT2D eigenvalue weighted by molar-refractivity contribution is -0.670. The molecule has 11 nitrogen and oxygen atoms in total. The van der Waals surface area contributed by atoms with E-state index in [0.717, 1.165) is 35.4 Å². The second kappa shape index (κ2) is 11.1. The number of quaternary nitrogens is 1.